The van der Waals surface area contributed by atoms with E-state index in [1.54, 1.807) is 0 Å². The van der Waals surface area contributed by atoms with Crippen LogP contribution in [0.1, 0.15) is 142 Å². The largest absolute Gasteiger partial charge is 0.480 e. The van der Waals surface area contributed by atoms with Gasteiger partial charge in [-0.2, -0.15) is 0 Å². The van der Waals surface area contributed by atoms with Crippen molar-refractivity contribution < 1.29 is 24.2 Å². The Hall–Kier alpha value is -3.15. The zero-order valence-corrected chi connectivity index (χ0v) is 28.4. The quantitative estimate of drug-likeness (QED) is 0.0471. The van der Waals surface area contributed by atoms with Gasteiger partial charge in [0.25, 0.3) is 0 Å². The fourth-order valence-corrected chi connectivity index (χ4v) is 4.51. The highest BCUT2D eigenvalue weighted by atomic mass is 16.5. The van der Waals surface area contributed by atoms with Crippen molar-refractivity contribution in [3.63, 3.8) is 0 Å². The van der Waals surface area contributed by atoms with Gasteiger partial charge in [0.15, 0.2) is 0 Å². The minimum absolute atomic E-state index is 0.116. The van der Waals surface area contributed by atoms with Crippen LogP contribution in [0.5, 0.6) is 0 Å². The monoisotopic (exact) mass is 625 g/mol. The molecule has 0 aliphatic rings. The van der Waals surface area contributed by atoms with E-state index in [9.17, 15) is 14.4 Å². The molecule has 2 N–H and O–H groups in total. The number of carboxylic acids is 1. The standard InChI is InChI=1S/C39H63NO5/c1-3-5-7-8-9-10-11-12-13-14-15-16-17-18-19-20-21-22-23-24-30-34-39(44)45-36(31-27-6-4-2)32-28-25-26-29-33-37(41)40-35-38(42)43/h5,7,9-10,12-13,15-16,18-19,27,31,36H,3-4,6,8,11,14,17,20-26,28-30,32-35H2,1-2H3,(H,40,41)(H,42,43)/b7-5-,10-9-,13-12-,16-15-,19-18-,31-27-. The number of rotatable bonds is 30. The highest BCUT2D eigenvalue weighted by molar-refractivity contribution is 5.80. The Kier molecular flexibility index (Phi) is 31.4. The fourth-order valence-electron chi connectivity index (χ4n) is 4.51. The zero-order chi connectivity index (χ0) is 33.1. The summed E-state index contributed by atoms with van der Waals surface area (Å²) >= 11 is 0. The van der Waals surface area contributed by atoms with E-state index in [2.05, 4.69) is 86.0 Å². The molecule has 0 aromatic rings. The molecule has 0 saturated carbocycles. The minimum Gasteiger partial charge on any atom is -0.480 e. The van der Waals surface area contributed by atoms with E-state index in [1.807, 2.05) is 6.08 Å². The summed E-state index contributed by atoms with van der Waals surface area (Å²) in [5.74, 6) is -1.37. The van der Waals surface area contributed by atoms with Gasteiger partial charge in [0.1, 0.15) is 12.6 Å². The summed E-state index contributed by atoms with van der Waals surface area (Å²) in [5.41, 5.74) is 0. The van der Waals surface area contributed by atoms with E-state index >= 15 is 0 Å². The molecule has 45 heavy (non-hydrogen) atoms. The number of esters is 1. The van der Waals surface area contributed by atoms with Crippen molar-refractivity contribution in [3.8, 4) is 0 Å². The Morgan fingerprint density at radius 1 is 0.622 bits per heavy atom. The molecule has 254 valence electrons. The Morgan fingerprint density at radius 2 is 1.16 bits per heavy atom. The smallest absolute Gasteiger partial charge is 0.322 e. The van der Waals surface area contributed by atoms with Crippen LogP contribution < -0.4 is 5.32 Å². The van der Waals surface area contributed by atoms with Crippen molar-refractivity contribution in [1.29, 1.82) is 0 Å². The van der Waals surface area contributed by atoms with Gasteiger partial charge in [-0.1, -0.05) is 119 Å². The first-order chi connectivity index (χ1) is 22.0. The number of ether oxygens (including phenoxy) is 1. The first-order valence-electron chi connectivity index (χ1n) is 17.6. The van der Waals surface area contributed by atoms with Crippen molar-refractivity contribution in [2.75, 3.05) is 6.54 Å². The maximum atomic E-state index is 12.4. The Bertz CT molecular complexity index is 912. The van der Waals surface area contributed by atoms with Gasteiger partial charge in [-0.25, -0.2) is 0 Å². The lowest BCUT2D eigenvalue weighted by atomic mass is 10.1. The summed E-state index contributed by atoms with van der Waals surface area (Å²) in [7, 11) is 0. The van der Waals surface area contributed by atoms with Crippen molar-refractivity contribution in [3.05, 3.63) is 72.9 Å². The molecule has 6 heteroatoms. The SMILES string of the molecule is CC/C=C\C/C=C\C/C=C\C/C=C\C/C=C\CCCCCCCC(=O)OC(/C=C\CCC)CCCCCCC(=O)NCC(=O)O. The number of hydrogen-bond donors (Lipinski definition) is 2. The molecule has 0 radical (unpaired) electrons. The van der Waals surface area contributed by atoms with Crippen LogP contribution in [0.15, 0.2) is 72.9 Å². The molecule has 1 amide bonds. The zero-order valence-electron chi connectivity index (χ0n) is 28.4. The highest BCUT2D eigenvalue weighted by Gasteiger charge is 2.11. The lowest BCUT2D eigenvalue weighted by molar-refractivity contribution is -0.147. The molecule has 0 aromatic heterocycles. The second-order valence-electron chi connectivity index (χ2n) is 11.4. The van der Waals surface area contributed by atoms with Gasteiger partial charge in [0.05, 0.1) is 0 Å². The maximum absolute atomic E-state index is 12.4. The number of nitrogens with one attached hydrogen (secondary N) is 1. The maximum Gasteiger partial charge on any atom is 0.322 e. The van der Waals surface area contributed by atoms with Gasteiger partial charge >= 0.3 is 11.9 Å². The molecule has 1 atom stereocenters. The average molecular weight is 626 g/mol. The number of unbranched alkanes of at least 4 members (excludes halogenated alkanes) is 9. The average Bonchev–Trinajstić information content (AvgIpc) is 3.02. The predicted molar refractivity (Wildman–Crippen MR) is 189 cm³/mol. The normalized spacial score (nSPS) is 12.9. The number of hydrogen-bond acceptors (Lipinski definition) is 4. The number of aliphatic carboxylic acids is 1. The molecule has 1 unspecified atom stereocenters. The molecule has 0 aliphatic heterocycles. The number of carbonyl (C=O) groups is 3. The number of amides is 1. The second-order valence-corrected chi connectivity index (χ2v) is 11.4. The van der Waals surface area contributed by atoms with Gasteiger partial charge < -0.3 is 15.2 Å². The van der Waals surface area contributed by atoms with E-state index in [0.29, 0.717) is 12.8 Å². The van der Waals surface area contributed by atoms with Crippen molar-refractivity contribution in [2.24, 2.45) is 0 Å². The number of allylic oxidation sites excluding steroid dienone is 11. The lowest BCUT2D eigenvalue weighted by Crippen LogP contribution is -2.28. The molecule has 6 nitrogen and oxygen atoms in total. The molecule has 0 rings (SSSR count). The lowest BCUT2D eigenvalue weighted by Gasteiger charge is -2.15. The van der Waals surface area contributed by atoms with Crippen LogP contribution in [0.4, 0.5) is 0 Å². The molecule has 0 aromatic carbocycles. The topological polar surface area (TPSA) is 92.7 Å². The van der Waals surface area contributed by atoms with Crippen LogP contribution >= 0.6 is 0 Å². The summed E-state index contributed by atoms with van der Waals surface area (Å²) in [6.07, 6.45) is 45.0. The van der Waals surface area contributed by atoms with E-state index in [1.165, 1.54) is 12.8 Å². The minimum atomic E-state index is -1.03. The van der Waals surface area contributed by atoms with Gasteiger partial charge in [-0.05, 0) is 83.1 Å². The molecular weight excluding hydrogens is 562 g/mol. The molecule has 0 bridgehead atoms. The van der Waals surface area contributed by atoms with Gasteiger partial charge in [0.2, 0.25) is 5.91 Å². The van der Waals surface area contributed by atoms with E-state index in [4.69, 9.17) is 9.84 Å². The van der Waals surface area contributed by atoms with E-state index in [0.717, 1.165) is 103 Å². The third-order valence-corrected chi connectivity index (χ3v) is 7.08. The molecule has 0 fully saturated rings. The van der Waals surface area contributed by atoms with Crippen molar-refractivity contribution in [2.45, 2.75) is 148 Å². The third-order valence-electron chi connectivity index (χ3n) is 7.08. The summed E-state index contributed by atoms with van der Waals surface area (Å²) in [6, 6.07) is 0. The third kappa shape index (κ3) is 33.6. The second kappa shape index (κ2) is 33.7. The van der Waals surface area contributed by atoms with Crippen LogP contribution in [0.3, 0.4) is 0 Å². The fraction of sp³-hybridized carbons (Fsp3) is 0.615. The summed E-state index contributed by atoms with van der Waals surface area (Å²) in [5, 5.41) is 11.0. The van der Waals surface area contributed by atoms with Crippen LogP contribution in [-0.2, 0) is 19.1 Å². The number of carbonyl (C=O) groups excluding carboxylic acids is 2. The highest BCUT2D eigenvalue weighted by Crippen LogP contribution is 2.14. The van der Waals surface area contributed by atoms with Gasteiger partial charge in [-0.3, -0.25) is 14.4 Å². The van der Waals surface area contributed by atoms with E-state index < -0.39 is 5.97 Å². The van der Waals surface area contributed by atoms with Crippen LogP contribution in [0, 0.1) is 0 Å². The Balaban J connectivity index is 3.89. The summed E-state index contributed by atoms with van der Waals surface area (Å²) < 4.78 is 5.77. The van der Waals surface area contributed by atoms with Crippen LogP contribution in [0.25, 0.3) is 0 Å². The summed E-state index contributed by atoms with van der Waals surface area (Å²) in [4.78, 5) is 34.5. The Labute approximate surface area is 274 Å². The summed E-state index contributed by atoms with van der Waals surface area (Å²) in [6.45, 7) is 3.95. The molecule has 0 heterocycles. The van der Waals surface area contributed by atoms with Crippen LogP contribution in [-0.4, -0.2) is 35.6 Å². The predicted octanol–water partition coefficient (Wildman–Crippen LogP) is 10.3. The van der Waals surface area contributed by atoms with E-state index in [-0.39, 0.29) is 24.5 Å². The first-order valence-corrected chi connectivity index (χ1v) is 17.6. The van der Waals surface area contributed by atoms with Gasteiger partial charge in [0, 0.05) is 12.8 Å². The molecule has 0 aliphatic carbocycles. The molecule has 0 saturated heterocycles. The van der Waals surface area contributed by atoms with Crippen molar-refractivity contribution in [1.82, 2.24) is 5.32 Å². The van der Waals surface area contributed by atoms with Crippen molar-refractivity contribution >= 4 is 17.8 Å². The van der Waals surface area contributed by atoms with Crippen LogP contribution in [0.2, 0.25) is 0 Å². The molecule has 0 spiro atoms. The number of carboxylic acid groups (broad SMARTS) is 1. The Morgan fingerprint density at radius 3 is 1.76 bits per heavy atom. The first kappa shape index (κ1) is 41.9. The molecular formula is C39H63NO5. The van der Waals surface area contributed by atoms with Gasteiger partial charge in [-0.15, -0.1) is 0 Å².